The van der Waals surface area contributed by atoms with Crippen LogP contribution in [-0.2, 0) is 0 Å². The Hall–Kier alpha value is -0.750. The molecule has 4 nitrogen and oxygen atoms in total. The van der Waals surface area contributed by atoms with Crippen molar-refractivity contribution in [2.45, 2.75) is 32.0 Å². The maximum absolute atomic E-state index is 5.82. The number of ether oxygens (including phenoxy) is 1. The summed E-state index contributed by atoms with van der Waals surface area (Å²) in [6, 6.07) is 8.78. The van der Waals surface area contributed by atoms with Gasteiger partial charge in [0, 0.05) is 24.1 Å². The van der Waals surface area contributed by atoms with Crippen molar-refractivity contribution < 1.29 is 4.74 Å². The molecule has 5 heteroatoms. The zero-order valence-electron chi connectivity index (χ0n) is 12.5. The minimum absolute atomic E-state index is 0.128. The van der Waals surface area contributed by atoms with Crippen molar-refractivity contribution >= 4 is 11.8 Å². The van der Waals surface area contributed by atoms with Crippen LogP contribution in [0.2, 0.25) is 0 Å². The number of likely N-dealkylation sites (N-methyl/N-ethyl adjacent to an activating group) is 1. The monoisotopic (exact) mass is 295 g/mol. The normalized spacial score (nSPS) is 21.9. The van der Waals surface area contributed by atoms with Gasteiger partial charge in [-0.25, -0.2) is 0 Å². The van der Waals surface area contributed by atoms with Gasteiger partial charge in [-0.05, 0) is 38.6 Å². The average Bonchev–Trinajstić information content (AvgIpc) is 2.41. The minimum atomic E-state index is 0.128. The second-order valence-corrected chi connectivity index (χ2v) is 6.66. The van der Waals surface area contributed by atoms with E-state index in [9.17, 15) is 0 Å². The second kappa shape index (κ2) is 7.31. The van der Waals surface area contributed by atoms with E-state index in [4.69, 9.17) is 10.6 Å². The van der Waals surface area contributed by atoms with Gasteiger partial charge in [-0.3, -0.25) is 16.2 Å². The summed E-state index contributed by atoms with van der Waals surface area (Å²) in [6.45, 7) is 5.18. The smallest absolute Gasteiger partial charge is 0.120 e. The number of nitrogens with two attached hydrogens (primary N) is 1. The van der Waals surface area contributed by atoms with E-state index in [2.05, 4.69) is 29.5 Å². The van der Waals surface area contributed by atoms with Crippen LogP contribution in [-0.4, -0.2) is 42.1 Å². The van der Waals surface area contributed by atoms with Gasteiger partial charge in [0.05, 0.1) is 12.1 Å². The zero-order valence-corrected chi connectivity index (χ0v) is 13.3. The first kappa shape index (κ1) is 15.6. The summed E-state index contributed by atoms with van der Waals surface area (Å²) >= 11 is 1.99. The maximum atomic E-state index is 5.82. The molecule has 0 spiro atoms. The van der Waals surface area contributed by atoms with Crippen LogP contribution in [0, 0.1) is 0 Å². The van der Waals surface area contributed by atoms with E-state index in [1.165, 1.54) is 11.3 Å². The van der Waals surface area contributed by atoms with Crippen LogP contribution in [0.15, 0.2) is 24.3 Å². The van der Waals surface area contributed by atoms with Gasteiger partial charge in [-0.2, -0.15) is 11.8 Å². The number of nitrogens with one attached hydrogen (secondary N) is 1. The van der Waals surface area contributed by atoms with Crippen LogP contribution in [0.1, 0.15) is 25.5 Å². The molecule has 1 saturated heterocycles. The average molecular weight is 295 g/mol. The molecule has 112 valence electrons. The molecule has 1 aromatic carbocycles. The van der Waals surface area contributed by atoms with Crippen molar-refractivity contribution in [3.63, 3.8) is 0 Å². The van der Waals surface area contributed by atoms with Crippen LogP contribution < -0.4 is 16.0 Å². The van der Waals surface area contributed by atoms with E-state index in [0.29, 0.717) is 6.04 Å². The first-order valence-corrected chi connectivity index (χ1v) is 8.28. The first-order chi connectivity index (χ1) is 9.61. The predicted molar refractivity (Wildman–Crippen MR) is 86.0 cm³/mol. The van der Waals surface area contributed by atoms with Gasteiger partial charge >= 0.3 is 0 Å². The number of hydrogen-bond donors (Lipinski definition) is 2. The molecule has 2 rings (SSSR count). The standard InChI is InChI=1S/C15H25N3OS/c1-11(2)19-13-6-4-5-12(9-13)15(17-16)14-10-20-8-7-18(14)3/h4-6,9,11,14-15,17H,7-8,10,16H2,1-3H3. The lowest BCUT2D eigenvalue weighted by atomic mass is 9.99. The molecular weight excluding hydrogens is 270 g/mol. The van der Waals surface area contributed by atoms with Gasteiger partial charge in [0.15, 0.2) is 0 Å². The Labute approximate surface area is 126 Å². The van der Waals surface area contributed by atoms with Crippen LogP contribution in [0.3, 0.4) is 0 Å². The first-order valence-electron chi connectivity index (χ1n) is 7.12. The van der Waals surface area contributed by atoms with Gasteiger partial charge in [-0.1, -0.05) is 12.1 Å². The largest absolute Gasteiger partial charge is 0.491 e. The van der Waals surface area contributed by atoms with E-state index in [1.807, 2.05) is 37.7 Å². The highest BCUT2D eigenvalue weighted by Crippen LogP contribution is 2.28. The molecule has 0 aromatic heterocycles. The van der Waals surface area contributed by atoms with E-state index in [1.54, 1.807) is 0 Å². The van der Waals surface area contributed by atoms with E-state index < -0.39 is 0 Å². The number of benzene rings is 1. The lowest BCUT2D eigenvalue weighted by Gasteiger charge is -2.37. The summed E-state index contributed by atoms with van der Waals surface area (Å²) in [5.74, 6) is 9.02. The third-order valence-electron chi connectivity index (χ3n) is 3.60. The molecule has 2 unspecified atom stereocenters. The van der Waals surface area contributed by atoms with Gasteiger partial charge in [-0.15, -0.1) is 0 Å². The number of rotatable bonds is 5. The van der Waals surface area contributed by atoms with Crippen molar-refractivity contribution in [1.29, 1.82) is 0 Å². The van der Waals surface area contributed by atoms with Crippen molar-refractivity contribution in [1.82, 2.24) is 10.3 Å². The second-order valence-electron chi connectivity index (χ2n) is 5.51. The van der Waals surface area contributed by atoms with Gasteiger partial charge < -0.3 is 4.74 Å². The highest BCUT2D eigenvalue weighted by Gasteiger charge is 2.28. The highest BCUT2D eigenvalue weighted by molar-refractivity contribution is 7.99. The molecule has 1 aromatic rings. The van der Waals surface area contributed by atoms with E-state index >= 15 is 0 Å². The number of hydrogen-bond acceptors (Lipinski definition) is 5. The Bertz CT molecular complexity index is 427. The number of thioether (sulfide) groups is 1. The minimum Gasteiger partial charge on any atom is -0.491 e. The quantitative estimate of drug-likeness (QED) is 0.643. The Morgan fingerprint density at radius 2 is 2.25 bits per heavy atom. The molecule has 2 atom stereocenters. The van der Waals surface area contributed by atoms with Gasteiger partial charge in [0.25, 0.3) is 0 Å². The van der Waals surface area contributed by atoms with Gasteiger partial charge in [0.1, 0.15) is 5.75 Å². The molecule has 1 heterocycles. The fourth-order valence-corrected chi connectivity index (χ4v) is 3.81. The topological polar surface area (TPSA) is 50.5 Å². The molecule has 0 bridgehead atoms. The fraction of sp³-hybridized carbons (Fsp3) is 0.600. The summed E-state index contributed by atoms with van der Waals surface area (Å²) in [5, 5.41) is 0. The Kier molecular flexibility index (Phi) is 5.72. The summed E-state index contributed by atoms with van der Waals surface area (Å²) in [5.41, 5.74) is 4.17. The molecule has 0 amide bonds. The molecule has 0 saturated carbocycles. The highest BCUT2D eigenvalue weighted by atomic mass is 32.2. The summed E-state index contributed by atoms with van der Waals surface area (Å²) in [4.78, 5) is 2.39. The lowest BCUT2D eigenvalue weighted by molar-refractivity contribution is 0.215. The van der Waals surface area contributed by atoms with Crippen molar-refractivity contribution in [3.05, 3.63) is 29.8 Å². The number of nitrogens with zero attached hydrogens (tertiary/aromatic N) is 1. The molecular formula is C15H25N3OS. The molecule has 1 fully saturated rings. The van der Waals surface area contributed by atoms with E-state index in [0.717, 1.165) is 18.0 Å². The van der Waals surface area contributed by atoms with Crippen LogP contribution in [0.25, 0.3) is 0 Å². The lowest BCUT2D eigenvalue weighted by Crippen LogP contribution is -2.49. The van der Waals surface area contributed by atoms with Crippen molar-refractivity contribution in [2.24, 2.45) is 5.84 Å². The summed E-state index contributed by atoms with van der Waals surface area (Å²) < 4.78 is 5.78. The fourth-order valence-electron chi connectivity index (χ4n) is 2.54. The van der Waals surface area contributed by atoms with Gasteiger partial charge in [0.2, 0.25) is 0 Å². The maximum Gasteiger partial charge on any atom is 0.120 e. The van der Waals surface area contributed by atoms with Crippen molar-refractivity contribution in [3.8, 4) is 5.75 Å². The van der Waals surface area contributed by atoms with Crippen LogP contribution in [0.5, 0.6) is 5.75 Å². The number of hydrazine groups is 1. The van der Waals surface area contributed by atoms with Crippen LogP contribution >= 0.6 is 11.8 Å². The molecule has 0 aliphatic carbocycles. The zero-order chi connectivity index (χ0) is 14.5. The Morgan fingerprint density at radius 3 is 2.90 bits per heavy atom. The molecule has 20 heavy (non-hydrogen) atoms. The third kappa shape index (κ3) is 3.88. The summed E-state index contributed by atoms with van der Waals surface area (Å²) in [7, 11) is 2.17. The van der Waals surface area contributed by atoms with Crippen molar-refractivity contribution in [2.75, 3.05) is 25.1 Å². The Balaban J connectivity index is 2.18. The molecule has 0 radical (unpaired) electrons. The van der Waals surface area contributed by atoms with E-state index in [-0.39, 0.29) is 12.1 Å². The Morgan fingerprint density at radius 1 is 1.45 bits per heavy atom. The third-order valence-corrected chi connectivity index (χ3v) is 4.64. The van der Waals surface area contributed by atoms with Crippen LogP contribution in [0.4, 0.5) is 0 Å². The SMILES string of the molecule is CC(C)Oc1cccc(C(NN)C2CSCCN2C)c1. The molecule has 1 aliphatic heterocycles. The molecule has 3 N–H and O–H groups in total. The summed E-state index contributed by atoms with van der Waals surface area (Å²) in [6.07, 6.45) is 0.183. The molecule has 1 aliphatic rings. The predicted octanol–water partition coefficient (Wildman–Crippen LogP) is 2.03.